The Morgan fingerprint density at radius 1 is 1.31 bits per heavy atom. The van der Waals surface area contributed by atoms with E-state index in [1.165, 1.54) is 12.2 Å². The van der Waals surface area contributed by atoms with Gasteiger partial charge in [-0.2, -0.15) is 11.8 Å². The molecule has 2 nitrogen and oxygen atoms in total. The van der Waals surface area contributed by atoms with Crippen LogP contribution in [0.1, 0.15) is 45.4 Å². The summed E-state index contributed by atoms with van der Waals surface area (Å²) in [5.41, 5.74) is -0.822. The second kappa shape index (κ2) is 4.87. The largest absolute Gasteiger partial charge is 0.396 e. The molecule has 0 aromatic carbocycles. The minimum absolute atomic E-state index is 0.161. The van der Waals surface area contributed by atoms with Crippen molar-refractivity contribution in [2.24, 2.45) is 11.3 Å². The third-order valence-electron chi connectivity index (χ3n) is 4.60. The second-order valence-electron chi connectivity index (χ2n) is 5.83. The summed E-state index contributed by atoms with van der Waals surface area (Å²) in [4.78, 5) is 0. The molecule has 2 fully saturated rings. The zero-order valence-electron chi connectivity index (χ0n) is 10.2. The Bertz CT molecular complexity index is 238. The molecular formula is C13H24O2S. The van der Waals surface area contributed by atoms with Crippen molar-refractivity contribution >= 4 is 11.8 Å². The maximum Gasteiger partial charge on any atom is 0.0815 e. The van der Waals surface area contributed by atoms with Gasteiger partial charge in [-0.15, -0.1) is 0 Å². The van der Waals surface area contributed by atoms with Crippen molar-refractivity contribution in [3.8, 4) is 0 Å². The van der Waals surface area contributed by atoms with Crippen molar-refractivity contribution < 1.29 is 10.2 Å². The number of hydrogen-bond donors (Lipinski definition) is 2. The lowest BCUT2D eigenvalue weighted by Crippen LogP contribution is -2.55. The van der Waals surface area contributed by atoms with Crippen LogP contribution in [0.2, 0.25) is 0 Å². The molecule has 0 bridgehead atoms. The first-order valence-electron chi connectivity index (χ1n) is 6.53. The van der Waals surface area contributed by atoms with E-state index in [-0.39, 0.29) is 12.0 Å². The van der Waals surface area contributed by atoms with Gasteiger partial charge in [-0.25, -0.2) is 0 Å². The summed E-state index contributed by atoms with van der Waals surface area (Å²) >= 11 is 1.85. The Morgan fingerprint density at radius 2 is 2.12 bits per heavy atom. The molecular weight excluding hydrogens is 220 g/mol. The van der Waals surface area contributed by atoms with Gasteiger partial charge >= 0.3 is 0 Å². The molecule has 1 saturated carbocycles. The molecule has 2 rings (SSSR count). The predicted octanol–water partition coefficient (Wildman–Crippen LogP) is 2.43. The maximum atomic E-state index is 10.9. The summed E-state index contributed by atoms with van der Waals surface area (Å²) < 4.78 is 0. The summed E-state index contributed by atoms with van der Waals surface area (Å²) in [6.45, 7) is 2.41. The van der Waals surface area contributed by atoms with Gasteiger partial charge in [0.2, 0.25) is 0 Å². The van der Waals surface area contributed by atoms with E-state index in [0.29, 0.717) is 5.92 Å². The van der Waals surface area contributed by atoms with Crippen LogP contribution in [0.15, 0.2) is 0 Å². The lowest BCUT2D eigenvalue weighted by Gasteiger charge is -2.51. The van der Waals surface area contributed by atoms with E-state index < -0.39 is 5.60 Å². The zero-order chi connectivity index (χ0) is 11.6. The van der Waals surface area contributed by atoms with Gasteiger partial charge in [0.15, 0.2) is 0 Å². The Labute approximate surface area is 103 Å². The normalized spacial score (nSPS) is 45.6. The number of aliphatic hydroxyl groups is 2. The van der Waals surface area contributed by atoms with Gasteiger partial charge in [0.25, 0.3) is 0 Å². The van der Waals surface area contributed by atoms with Crippen LogP contribution in [0, 0.1) is 11.3 Å². The summed E-state index contributed by atoms with van der Waals surface area (Å²) in [7, 11) is 0. The van der Waals surface area contributed by atoms with E-state index in [4.69, 9.17) is 0 Å². The van der Waals surface area contributed by atoms with Crippen LogP contribution in [0.5, 0.6) is 0 Å². The topological polar surface area (TPSA) is 40.5 Å². The molecule has 3 unspecified atom stereocenters. The minimum atomic E-state index is -0.612. The smallest absolute Gasteiger partial charge is 0.0815 e. The van der Waals surface area contributed by atoms with E-state index >= 15 is 0 Å². The first kappa shape index (κ1) is 12.7. The average Bonchev–Trinajstić information content (AvgIpc) is 2.29. The van der Waals surface area contributed by atoms with Crippen LogP contribution in [0.4, 0.5) is 0 Å². The molecule has 2 aliphatic rings. The van der Waals surface area contributed by atoms with Crippen molar-refractivity contribution in [1.29, 1.82) is 0 Å². The van der Waals surface area contributed by atoms with Gasteiger partial charge in [-0.1, -0.05) is 19.8 Å². The van der Waals surface area contributed by atoms with E-state index in [1.54, 1.807) is 0 Å². The molecule has 16 heavy (non-hydrogen) atoms. The van der Waals surface area contributed by atoms with Gasteiger partial charge in [0, 0.05) is 11.2 Å². The number of rotatable bonds is 2. The molecule has 2 N–H and O–H groups in total. The quantitative estimate of drug-likeness (QED) is 0.784. The highest BCUT2D eigenvalue weighted by Gasteiger charge is 2.51. The van der Waals surface area contributed by atoms with Gasteiger partial charge in [-0.05, 0) is 37.4 Å². The monoisotopic (exact) mass is 244 g/mol. The fourth-order valence-corrected chi connectivity index (χ4v) is 4.85. The fourth-order valence-electron chi connectivity index (χ4n) is 3.57. The SMILES string of the molecule is CC1CCCC(CO)(C2(O)CCCSC2)C1. The van der Waals surface area contributed by atoms with Crippen molar-refractivity contribution in [2.75, 3.05) is 18.1 Å². The second-order valence-corrected chi connectivity index (χ2v) is 6.93. The lowest BCUT2D eigenvalue weighted by molar-refractivity contribution is -0.126. The Morgan fingerprint density at radius 3 is 2.69 bits per heavy atom. The highest BCUT2D eigenvalue weighted by molar-refractivity contribution is 7.99. The Hall–Kier alpha value is 0.270. The molecule has 1 aliphatic carbocycles. The standard InChI is InChI=1S/C13H24O2S/c1-11-4-2-5-12(8-11,9-14)13(15)6-3-7-16-10-13/h11,14-15H,2-10H2,1H3. The maximum absolute atomic E-state index is 10.9. The van der Waals surface area contributed by atoms with Crippen LogP contribution in [0.3, 0.4) is 0 Å². The average molecular weight is 244 g/mol. The van der Waals surface area contributed by atoms with E-state index in [2.05, 4.69) is 6.92 Å². The van der Waals surface area contributed by atoms with Crippen molar-refractivity contribution in [2.45, 2.75) is 51.0 Å². The lowest BCUT2D eigenvalue weighted by atomic mass is 9.60. The predicted molar refractivity (Wildman–Crippen MR) is 68.7 cm³/mol. The molecule has 0 aromatic heterocycles. The molecule has 1 aliphatic heterocycles. The third kappa shape index (κ3) is 2.14. The van der Waals surface area contributed by atoms with Gasteiger partial charge in [-0.3, -0.25) is 0 Å². The highest BCUT2D eigenvalue weighted by atomic mass is 32.2. The first-order valence-corrected chi connectivity index (χ1v) is 7.68. The Balaban J connectivity index is 2.18. The van der Waals surface area contributed by atoms with Crippen molar-refractivity contribution in [3.05, 3.63) is 0 Å². The molecule has 94 valence electrons. The van der Waals surface area contributed by atoms with E-state index in [0.717, 1.165) is 37.9 Å². The van der Waals surface area contributed by atoms with E-state index in [9.17, 15) is 10.2 Å². The van der Waals surface area contributed by atoms with Crippen molar-refractivity contribution in [3.63, 3.8) is 0 Å². The summed E-state index contributed by atoms with van der Waals surface area (Å²) in [5, 5.41) is 20.7. The molecule has 0 aromatic rings. The van der Waals surface area contributed by atoms with Crippen LogP contribution in [-0.2, 0) is 0 Å². The van der Waals surface area contributed by atoms with E-state index in [1.807, 2.05) is 11.8 Å². The molecule has 1 saturated heterocycles. The molecule has 3 heteroatoms. The third-order valence-corrected chi connectivity index (χ3v) is 5.86. The first-order chi connectivity index (χ1) is 7.62. The van der Waals surface area contributed by atoms with Crippen LogP contribution in [-0.4, -0.2) is 33.9 Å². The number of thioether (sulfide) groups is 1. The van der Waals surface area contributed by atoms with Crippen LogP contribution < -0.4 is 0 Å². The van der Waals surface area contributed by atoms with Crippen molar-refractivity contribution in [1.82, 2.24) is 0 Å². The molecule has 0 radical (unpaired) electrons. The minimum Gasteiger partial charge on any atom is -0.396 e. The summed E-state index contributed by atoms with van der Waals surface area (Å²) in [6.07, 6.45) is 6.40. The summed E-state index contributed by atoms with van der Waals surface area (Å²) in [5.74, 6) is 2.64. The zero-order valence-corrected chi connectivity index (χ0v) is 11.1. The van der Waals surface area contributed by atoms with Crippen LogP contribution >= 0.6 is 11.8 Å². The molecule has 3 atom stereocenters. The number of hydrogen-bond acceptors (Lipinski definition) is 3. The van der Waals surface area contributed by atoms with Gasteiger partial charge in [0.05, 0.1) is 12.2 Å². The van der Waals surface area contributed by atoms with Gasteiger partial charge in [0.1, 0.15) is 0 Å². The fraction of sp³-hybridized carbons (Fsp3) is 1.00. The number of aliphatic hydroxyl groups excluding tert-OH is 1. The molecule has 1 heterocycles. The van der Waals surface area contributed by atoms with Gasteiger partial charge < -0.3 is 10.2 Å². The summed E-state index contributed by atoms with van der Waals surface area (Å²) in [6, 6.07) is 0. The Kier molecular flexibility index (Phi) is 3.87. The van der Waals surface area contributed by atoms with Crippen LogP contribution in [0.25, 0.3) is 0 Å². The highest BCUT2D eigenvalue weighted by Crippen LogP contribution is 2.51. The molecule has 0 spiro atoms. The molecule has 0 amide bonds.